The maximum atomic E-state index is 13.1. The molecule has 9 heteroatoms. The lowest BCUT2D eigenvalue weighted by molar-refractivity contribution is -0.136. The van der Waals surface area contributed by atoms with Crippen molar-refractivity contribution < 1.29 is 18.0 Å². The average Bonchev–Trinajstić information content (AvgIpc) is 2.96. The van der Waals surface area contributed by atoms with E-state index in [4.69, 9.17) is 0 Å². The van der Waals surface area contributed by atoms with Crippen molar-refractivity contribution in [2.45, 2.75) is 37.6 Å². The molecular formula is C22H30N4O4S. The fourth-order valence-electron chi connectivity index (χ4n) is 4.80. The van der Waals surface area contributed by atoms with Crippen LogP contribution in [0.3, 0.4) is 0 Å². The van der Waals surface area contributed by atoms with Crippen LogP contribution in [0.5, 0.6) is 0 Å². The highest BCUT2D eigenvalue weighted by Crippen LogP contribution is 2.39. The third-order valence-electron chi connectivity index (χ3n) is 6.75. The van der Waals surface area contributed by atoms with Crippen LogP contribution < -0.4 is 0 Å². The molecule has 3 aliphatic rings. The summed E-state index contributed by atoms with van der Waals surface area (Å²) < 4.78 is 26.8. The number of piperazine rings is 1. The number of imide groups is 1. The molecular weight excluding hydrogens is 416 g/mol. The molecule has 31 heavy (non-hydrogen) atoms. The van der Waals surface area contributed by atoms with Crippen LogP contribution in [0.1, 0.15) is 37.7 Å². The van der Waals surface area contributed by atoms with Gasteiger partial charge in [-0.25, -0.2) is 18.1 Å². The van der Waals surface area contributed by atoms with Gasteiger partial charge in [-0.05, 0) is 24.5 Å². The first-order valence-corrected chi connectivity index (χ1v) is 12.4. The van der Waals surface area contributed by atoms with Crippen LogP contribution in [0.25, 0.3) is 6.08 Å². The summed E-state index contributed by atoms with van der Waals surface area (Å²) >= 11 is 0. The van der Waals surface area contributed by atoms with Crippen LogP contribution in [0.15, 0.2) is 35.7 Å². The van der Waals surface area contributed by atoms with Gasteiger partial charge < -0.3 is 4.90 Å². The number of hydrogen-bond acceptors (Lipinski definition) is 5. The van der Waals surface area contributed by atoms with Gasteiger partial charge >= 0.3 is 6.03 Å². The highest BCUT2D eigenvalue weighted by molar-refractivity contribution is 7.92. The maximum Gasteiger partial charge on any atom is 0.328 e. The first kappa shape index (κ1) is 22.0. The number of amides is 3. The second-order valence-corrected chi connectivity index (χ2v) is 10.4. The Bertz CT molecular complexity index is 949. The molecule has 2 heterocycles. The third kappa shape index (κ3) is 4.26. The molecule has 0 N–H and O–H groups in total. The van der Waals surface area contributed by atoms with Gasteiger partial charge in [0.1, 0.15) is 5.54 Å². The Morgan fingerprint density at radius 1 is 0.968 bits per heavy atom. The Morgan fingerprint density at radius 2 is 1.61 bits per heavy atom. The molecule has 8 nitrogen and oxygen atoms in total. The van der Waals surface area contributed by atoms with Gasteiger partial charge in [0.2, 0.25) is 10.0 Å². The van der Waals surface area contributed by atoms with Crippen LogP contribution >= 0.6 is 0 Å². The summed E-state index contributed by atoms with van der Waals surface area (Å²) in [4.78, 5) is 30.9. The van der Waals surface area contributed by atoms with Gasteiger partial charge in [-0.3, -0.25) is 9.69 Å². The summed E-state index contributed by atoms with van der Waals surface area (Å²) in [6.07, 6.45) is 6.08. The number of sulfonamides is 1. The molecule has 0 aromatic heterocycles. The van der Waals surface area contributed by atoms with Crippen molar-refractivity contribution in [1.82, 2.24) is 19.0 Å². The molecule has 1 aliphatic carbocycles. The van der Waals surface area contributed by atoms with E-state index in [1.165, 1.54) is 14.6 Å². The summed E-state index contributed by atoms with van der Waals surface area (Å²) in [6.45, 7) is 1.84. The predicted molar refractivity (Wildman–Crippen MR) is 118 cm³/mol. The van der Waals surface area contributed by atoms with Gasteiger partial charge in [0, 0.05) is 38.6 Å². The zero-order chi connectivity index (χ0) is 22.1. The Kier molecular flexibility index (Phi) is 6.18. The lowest BCUT2D eigenvalue weighted by atomic mass is 9.81. The van der Waals surface area contributed by atoms with Crippen molar-refractivity contribution in [3.63, 3.8) is 0 Å². The van der Waals surface area contributed by atoms with Crippen molar-refractivity contribution >= 4 is 28.0 Å². The molecule has 2 aliphatic heterocycles. The zero-order valence-corrected chi connectivity index (χ0v) is 18.8. The van der Waals surface area contributed by atoms with E-state index in [0.29, 0.717) is 26.2 Å². The fourth-order valence-corrected chi connectivity index (χ4v) is 5.97. The predicted octanol–water partition coefficient (Wildman–Crippen LogP) is 2.16. The molecule has 0 bridgehead atoms. The minimum atomic E-state index is -3.51. The third-order valence-corrected chi connectivity index (χ3v) is 8.31. The summed E-state index contributed by atoms with van der Waals surface area (Å²) in [6, 6.07) is 9.07. The first-order chi connectivity index (χ1) is 14.8. The van der Waals surface area contributed by atoms with Crippen molar-refractivity contribution in [3.05, 3.63) is 41.3 Å². The van der Waals surface area contributed by atoms with Crippen molar-refractivity contribution in [3.8, 4) is 0 Å². The van der Waals surface area contributed by atoms with Crippen LogP contribution in [0, 0.1) is 0 Å². The summed E-state index contributed by atoms with van der Waals surface area (Å²) in [5.74, 6) is -0.0967. The quantitative estimate of drug-likeness (QED) is 0.648. The monoisotopic (exact) mass is 446 g/mol. The number of likely N-dealkylation sites (N-methyl/N-ethyl adjacent to an activating group) is 1. The fraction of sp³-hybridized carbons (Fsp3) is 0.545. The van der Waals surface area contributed by atoms with E-state index < -0.39 is 15.6 Å². The second kappa shape index (κ2) is 8.72. The Labute approximate surface area is 184 Å². The topological polar surface area (TPSA) is 81.2 Å². The summed E-state index contributed by atoms with van der Waals surface area (Å²) in [5.41, 5.74) is 0.152. The zero-order valence-electron chi connectivity index (χ0n) is 17.9. The van der Waals surface area contributed by atoms with Crippen LogP contribution in [-0.4, -0.2) is 84.8 Å². The number of carbonyl (C=O) groups excluding carboxylic acids is 2. The Hall–Kier alpha value is -2.23. The normalized spacial score (nSPS) is 23.4. The van der Waals surface area contributed by atoms with Crippen molar-refractivity contribution in [2.24, 2.45) is 0 Å². The lowest BCUT2D eigenvalue weighted by Gasteiger charge is -2.36. The van der Waals surface area contributed by atoms with E-state index in [9.17, 15) is 18.0 Å². The standard InChI is InChI=1S/C22H30N4O4S/c1-23-21(28)26(20(27)22(23)11-6-3-7-12-22)18-24-13-15-25(16-14-24)31(29,30)17-10-19-8-4-2-5-9-19/h2,4-5,8-10,17H,3,6-7,11-16,18H2,1H3/b17-10+. The Morgan fingerprint density at radius 3 is 2.26 bits per heavy atom. The number of hydrogen-bond donors (Lipinski definition) is 0. The largest absolute Gasteiger partial charge is 0.328 e. The molecule has 1 saturated carbocycles. The van der Waals surface area contributed by atoms with Crippen molar-refractivity contribution in [2.75, 3.05) is 39.9 Å². The van der Waals surface area contributed by atoms with Crippen molar-refractivity contribution in [1.29, 1.82) is 0 Å². The first-order valence-electron chi connectivity index (χ1n) is 10.9. The van der Waals surface area contributed by atoms with Gasteiger partial charge in [-0.2, -0.15) is 4.31 Å². The number of carbonyl (C=O) groups is 2. The Balaban J connectivity index is 1.35. The van der Waals surface area contributed by atoms with Crippen LogP contribution in [0.4, 0.5) is 4.79 Å². The molecule has 3 amide bonds. The van der Waals surface area contributed by atoms with Gasteiger partial charge in [0.15, 0.2) is 0 Å². The molecule has 3 fully saturated rings. The van der Waals surface area contributed by atoms with Crippen LogP contribution in [0.2, 0.25) is 0 Å². The molecule has 1 aromatic rings. The highest BCUT2D eigenvalue weighted by Gasteiger charge is 2.55. The minimum Gasteiger partial charge on any atom is -0.313 e. The summed E-state index contributed by atoms with van der Waals surface area (Å²) in [5, 5.41) is 1.24. The lowest BCUT2D eigenvalue weighted by Crippen LogP contribution is -2.53. The van der Waals surface area contributed by atoms with Crippen LogP contribution in [-0.2, 0) is 14.8 Å². The number of nitrogens with zero attached hydrogens (tertiary/aromatic N) is 4. The highest BCUT2D eigenvalue weighted by atomic mass is 32.2. The van der Waals surface area contributed by atoms with E-state index in [-0.39, 0.29) is 18.6 Å². The number of urea groups is 1. The molecule has 4 rings (SSSR count). The van der Waals surface area contributed by atoms with Gasteiger partial charge in [0.05, 0.1) is 6.67 Å². The van der Waals surface area contributed by atoms with E-state index in [1.54, 1.807) is 18.0 Å². The van der Waals surface area contributed by atoms with Gasteiger partial charge in [0.25, 0.3) is 5.91 Å². The molecule has 1 spiro atoms. The second-order valence-electron chi connectivity index (χ2n) is 8.58. The van der Waals surface area contributed by atoms with E-state index in [2.05, 4.69) is 0 Å². The van der Waals surface area contributed by atoms with E-state index >= 15 is 0 Å². The maximum absolute atomic E-state index is 13.1. The molecule has 1 aromatic carbocycles. The molecule has 2 saturated heterocycles. The SMILES string of the molecule is CN1C(=O)N(CN2CCN(S(=O)(=O)/C=C/c3ccccc3)CC2)C(=O)C12CCCCC2. The number of rotatable bonds is 5. The van der Waals surface area contributed by atoms with E-state index in [1.807, 2.05) is 35.2 Å². The average molecular weight is 447 g/mol. The summed E-state index contributed by atoms with van der Waals surface area (Å²) in [7, 11) is -1.78. The molecule has 0 radical (unpaired) electrons. The molecule has 168 valence electrons. The smallest absolute Gasteiger partial charge is 0.313 e. The van der Waals surface area contributed by atoms with Gasteiger partial charge in [-0.15, -0.1) is 0 Å². The molecule has 0 unspecified atom stereocenters. The number of benzene rings is 1. The molecule has 0 atom stereocenters. The van der Waals surface area contributed by atoms with Gasteiger partial charge in [-0.1, -0.05) is 49.6 Å². The van der Waals surface area contributed by atoms with E-state index in [0.717, 1.165) is 37.7 Å². The minimum absolute atomic E-state index is 0.0967.